The molecule has 2 heterocycles. The lowest BCUT2D eigenvalue weighted by Gasteiger charge is -2.33. The summed E-state index contributed by atoms with van der Waals surface area (Å²) in [6.07, 6.45) is 9.35. The largest absolute Gasteiger partial charge is 0.479 e. The van der Waals surface area contributed by atoms with E-state index >= 15 is 0 Å². The molecule has 0 amide bonds. The van der Waals surface area contributed by atoms with Crippen molar-refractivity contribution in [3.05, 3.63) is 18.1 Å². The summed E-state index contributed by atoms with van der Waals surface area (Å²) in [5.41, 5.74) is 9.37. The molecule has 0 bridgehead atoms. The molecule has 1 saturated carbocycles. The molecule has 102 valence electrons. The smallest absolute Gasteiger partial charge is 0.241 e. The first kappa shape index (κ1) is 12.4. The number of aryl methyl sites for hydroxylation is 1. The summed E-state index contributed by atoms with van der Waals surface area (Å²) in [6, 6.07) is 0. The quantitative estimate of drug-likeness (QED) is 0.898. The van der Waals surface area contributed by atoms with Gasteiger partial charge in [-0.15, -0.1) is 0 Å². The second-order valence-electron chi connectivity index (χ2n) is 5.45. The summed E-state index contributed by atoms with van der Waals surface area (Å²) in [4.78, 5) is 8.61. The molecule has 2 aromatic heterocycles. The van der Waals surface area contributed by atoms with Gasteiger partial charge in [0.1, 0.15) is 17.4 Å². The van der Waals surface area contributed by atoms with Gasteiger partial charge in [0.25, 0.3) is 0 Å². The zero-order chi connectivity index (χ0) is 13.5. The van der Waals surface area contributed by atoms with Gasteiger partial charge < -0.3 is 15.0 Å². The highest BCUT2D eigenvalue weighted by Gasteiger charge is 2.33. The third-order valence-corrected chi connectivity index (χ3v) is 4.19. The fraction of sp³-hybridized carbons (Fsp3) is 0.571. The van der Waals surface area contributed by atoms with Crippen molar-refractivity contribution in [1.29, 1.82) is 0 Å². The Morgan fingerprint density at radius 3 is 2.68 bits per heavy atom. The molecule has 19 heavy (non-hydrogen) atoms. The van der Waals surface area contributed by atoms with Crippen molar-refractivity contribution in [2.75, 3.05) is 7.11 Å². The maximum atomic E-state index is 6.64. The van der Waals surface area contributed by atoms with E-state index in [0.717, 1.165) is 29.4 Å². The van der Waals surface area contributed by atoms with Gasteiger partial charge in [0.15, 0.2) is 0 Å². The highest BCUT2D eigenvalue weighted by atomic mass is 16.5. The first-order valence-corrected chi connectivity index (χ1v) is 6.79. The second-order valence-corrected chi connectivity index (χ2v) is 5.45. The Balaban J connectivity index is 2.19. The van der Waals surface area contributed by atoms with E-state index < -0.39 is 0 Å². The number of nitrogens with zero attached hydrogens (tertiary/aromatic N) is 3. The Morgan fingerprint density at radius 1 is 1.26 bits per heavy atom. The number of ether oxygens (including phenoxy) is 1. The van der Waals surface area contributed by atoms with Gasteiger partial charge in [-0.3, -0.25) is 0 Å². The molecule has 0 spiro atoms. The van der Waals surface area contributed by atoms with Gasteiger partial charge >= 0.3 is 0 Å². The average molecular weight is 260 g/mol. The normalized spacial score (nSPS) is 18.7. The molecule has 1 fully saturated rings. The van der Waals surface area contributed by atoms with Crippen molar-refractivity contribution in [2.24, 2.45) is 12.8 Å². The van der Waals surface area contributed by atoms with Gasteiger partial charge in [-0.2, -0.15) is 4.98 Å². The minimum absolute atomic E-state index is 0.253. The molecular formula is C14H20N4O. The topological polar surface area (TPSA) is 66.0 Å². The van der Waals surface area contributed by atoms with E-state index in [9.17, 15) is 0 Å². The lowest BCUT2D eigenvalue weighted by molar-refractivity contribution is 0.304. The molecule has 0 aliphatic heterocycles. The van der Waals surface area contributed by atoms with Crippen LogP contribution in [0.15, 0.2) is 12.5 Å². The van der Waals surface area contributed by atoms with Crippen LogP contribution in [0.1, 0.15) is 37.7 Å². The minimum atomic E-state index is -0.253. The van der Waals surface area contributed by atoms with Crippen LogP contribution in [0, 0.1) is 0 Å². The van der Waals surface area contributed by atoms with E-state index in [-0.39, 0.29) is 5.54 Å². The molecule has 0 atom stereocenters. The summed E-state index contributed by atoms with van der Waals surface area (Å²) in [5, 5.41) is 0. The number of fused-ring (bicyclic) bond motifs is 1. The third kappa shape index (κ3) is 1.89. The molecule has 0 aromatic carbocycles. The summed E-state index contributed by atoms with van der Waals surface area (Å²) < 4.78 is 7.35. The van der Waals surface area contributed by atoms with Crippen molar-refractivity contribution < 1.29 is 4.74 Å². The molecule has 0 unspecified atom stereocenters. The predicted molar refractivity (Wildman–Crippen MR) is 74.0 cm³/mol. The van der Waals surface area contributed by atoms with Crippen LogP contribution in [0.4, 0.5) is 0 Å². The number of nitrogens with two attached hydrogens (primary N) is 1. The Labute approximate surface area is 112 Å². The van der Waals surface area contributed by atoms with Gasteiger partial charge in [0.2, 0.25) is 5.88 Å². The van der Waals surface area contributed by atoms with Gasteiger partial charge in [0.05, 0.1) is 7.11 Å². The molecule has 0 radical (unpaired) electrons. The average Bonchev–Trinajstić information content (AvgIpc) is 2.78. The molecule has 2 aromatic rings. The Bertz CT molecular complexity index is 599. The van der Waals surface area contributed by atoms with Crippen LogP contribution in [-0.2, 0) is 12.6 Å². The van der Waals surface area contributed by atoms with Crippen LogP contribution < -0.4 is 10.5 Å². The number of aromatic nitrogens is 3. The molecule has 2 N–H and O–H groups in total. The van der Waals surface area contributed by atoms with E-state index in [4.69, 9.17) is 10.5 Å². The maximum absolute atomic E-state index is 6.64. The van der Waals surface area contributed by atoms with Crippen LogP contribution in [0.5, 0.6) is 5.88 Å². The molecule has 0 saturated heterocycles. The third-order valence-electron chi connectivity index (χ3n) is 4.19. The highest BCUT2D eigenvalue weighted by Crippen LogP contribution is 2.39. The Morgan fingerprint density at radius 2 is 2.00 bits per heavy atom. The van der Waals surface area contributed by atoms with Crippen molar-refractivity contribution >= 4 is 11.0 Å². The van der Waals surface area contributed by atoms with Crippen molar-refractivity contribution in [3.8, 4) is 5.88 Å². The van der Waals surface area contributed by atoms with Gasteiger partial charge in [-0.25, -0.2) is 4.98 Å². The van der Waals surface area contributed by atoms with Gasteiger partial charge in [0, 0.05) is 24.3 Å². The Kier molecular flexibility index (Phi) is 2.93. The highest BCUT2D eigenvalue weighted by molar-refractivity contribution is 5.84. The zero-order valence-corrected chi connectivity index (χ0v) is 11.5. The standard InChI is InChI=1S/C14H20N4O/c1-18-8-10(14(15)6-4-3-5-7-14)11-12(18)13(19-2)17-9-16-11/h8-9H,3-7,15H2,1-2H3. The summed E-state index contributed by atoms with van der Waals surface area (Å²) in [7, 11) is 3.62. The van der Waals surface area contributed by atoms with E-state index in [0.29, 0.717) is 5.88 Å². The van der Waals surface area contributed by atoms with E-state index in [2.05, 4.69) is 16.2 Å². The molecule has 5 nitrogen and oxygen atoms in total. The van der Waals surface area contributed by atoms with Crippen LogP contribution in [0.2, 0.25) is 0 Å². The van der Waals surface area contributed by atoms with Crippen LogP contribution >= 0.6 is 0 Å². The van der Waals surface area contributed by atoms with Crippen molar-refractivity contribution in [2.45, 2.75) is 37.6 Å². The molecule has 1 aliphatic rings. The van der Waals surface area contributed by atoms with Gasteiger partial charge in [-0.05, 0) is 12.8 Å². The summed E-state index contributed by atoms with van der Waals surface area (Å²) in [5.74, 6) is 0.609. The van der Waals surface area contributed by atoms with Gasteiger partial charge in [-0.1, -0.05) is 19.3 Å². The van der Waals surface area contributed by atoms with Crippen molar-refractivity contribution in [3.63, 3.8) is 0 Å². The van der Waals surface area contributed by atoms with E-state index in [1.807, 2.05) is 11.6 Å². The maximum Gasteiger partial charge on any atom is 0.241 e. The fourth-order valence-electron chi connectivity index (χ4n) is 3.16. The molecule has 3 rings (SSSR count). The second kappa shape index (κ2) is 4.49. The lowest BCUT2D eigenvalue weighted by atomic mass is 9.78. The summed E-state index contributed by atoms with van der Waals surface area (Å²) >= 11 is 0. The molecular weight excluding hydrogens is 240 g/mol. The molecule has 5 heteroatoms. The monoisotopic (exact) mass is 260 g/mol. The number of rotatable bonds is 2. The Hall–Kier alpha value is -1.62. The number of hydrogen-bond donors (Lipinski definition) is 1. The zero-order valence-electron chi connectivity index (χ0n) is 11.5. The number of hydrogen-bond acceptors (Lipinski definition) is 4. The summed E-state index contributed by atoms with van der Waals surface area (Å²) in [6.45, 7) is 0. The molecule has 1 aliphatic carbocycles. The lowest BCUT2D eigenvalue weighted by Crippen LogP contribution is -2.38. The number of methoxy groups -OCH3 is 1. The van der Waals surface area contributed by atoms with E-state index in [1.54, 1.807) is 13.4 Å². The van der Waals surface area contributed by atoms with Crippen LogP contribution in [-0.4, -0.2) is 21.6 Å². The van der Waals surface area contributed by atoms with Crippen LogP contribution in [0.25, 0.3) is 11.0 Å². The SMILES string of the molecule is COc1ncnc2c(C3(N)CCCCC3)cn(C)c12. The predicted octanol–water partition coefficient (Wildman–Crippen LogP) is 2.09. The van der Waals surface area contributed by atoms with Crippen LogP contribution in [0.3, 0.4) is 0 Å². The van der Waals surface area contributed by atoms with E-state index in [1.165, 1.54) is 19.3 Å². The first-order valence-electron chi connectivity index (χ1n) is 6.79. The van der Waals surface area contributed by atoms with Crippen molar-refractivity contribution in [1.82, 2.24) is 14.5 Å². The first-order chi connectivity index (χ1) is 9.15. The minimum Gasteiger partial charge on any atom is -0.479 e. The fourth-order valence-corrected chi connectivity index (χ4v) is 3.16.